The van der Waals surface area contributed by atoms with E-state index in [2.05, 4.69) is 10.00 Å². The number of aromatic nitrogens is 2. The van der Waals surface area contributed by atoms with Gasteiger partial charge >= 0.3 is 0 Å². The van der Waals surface area contributed by atoms with Gasteiger partial charge in [-0.15, -0.1) is 0 Å². The van der Waals surface area contributed by atoms with Crippen LogP contribution in [-0.2, 0) is 6.54 Å². The summed E-state index contributed by atoms with van der Waals surface area (Å²) < 4.78 is 1.40. The van der Waals surface area contributed by atoms with E-state index in [0.717, 1.165) is 18.8 Å². The van der Waals surface area contributed by atoms with Gasteiger partial charge in [-0.25, -0.2) is 4.68 Å². The topological polar surface area (TPSA) is 64.2 Å². The Labute approximate surface area is 88.5 Å². The molecule has 0 bridgehead atoms. The number of hydrogen-bond acceptors (Lipinski definition) is 4. The van der Waals surface area contributed by atoms with Gasteiger partial charge in [-0.1, -0.05) is 0 Å². The predicted octanol–water partition coefficient (Wildman–Crippen LogP) is -0.198. The van der Waals surface area contributed by atoms with Crippen LogP contribution in [0.5, 0.6) is 0 Å². The summed E-state index contributed by atoms with van der Waals surface area (Å²) >= 11 is 0. The summed E-state index contributed by atoms with van der Waals surface area (Å²) in [6, 6.07) is 1.65. The van der Waals surface area contributed by atoms with Crippen molar-refractivity contribution in [3.05, 3.63) is 22.6 Å². The zero-order valence-corrected chi connectivity index (χ0v) is 8.72. The highest BCUT2D eigenvalue weighted by atomic mass is 16.1. The SMILES string of the molecule is NCCn1ncc(N2CCCC2)cc1=O. The molecule has 1 saturated heterocycles. The lowest BCUT2D eigenvalue weighted by molar-refractivity contribution is 0.586. The third kappa shape index (κ3) is 2.18. The molecule has 0 atom stereocenters. The minimum atomic E-state index is -0.0650. The van der Waals surface area contributed by atoms with Gasteiger partial charge in [0.05, 0.1) is 18.4 Å². The first-order valence-corrected chi connectivity index (χ1v) is 5.33. The third-order valence-electron chi connectivity index (χ3n) is 2.67. The van der Waals surface area contributed by atoms with Crippen LogP contribution in [0.4, 0.5) is 5.69 Å². The van der Waals surface area contributed by atoms with Crippen molar-refractivity contribution in [2.75, 3.05) is 24.5 Å². The Morgan fingerprint density at radius 1 is 1.40 bits per heavy atom. The molecular formula is C10H16N4O. The van der Waals surface area contributed by atoms with Crippen molar-refractivity contribution in [1.82, 2.24) is 9.78 Å². The first kappa shape index (κ1) is 10.2. The molecule has 1 aromatic heterocycles. The van der Waals surface area contributed by atoms with E-state index in [-0.39, 0.29) is 5.56 Å². The van der Waals surface area contributed by atoms with E-state index in [1.165, 1.54) is 17.5 Å². The summed E-state index contributed by atoms with van der Waals surface area (Å²) in [6.07, 6.45) is 4.15. The monoisotopic (exact) mass is 208 g/mol. The van der Waals surface area contributed by atoms with Crippen LogP contribution in [0.2, 0.25) is 0 Å². The zero-order chi connectivity index (χ0) is 10.7. The predicted molar refractivity (Wildman–Crippen MR) is 59.0 cm³/mol. The van der Waals surface area contributed by atoms with Gasteiger partial charge in [-0.05, 0) is 12.8 Å². The van der Waals surface area contributed by atoms with E-state index < -0.39 is 0 Å². The minimum absolute atomic E-state index is 0.0650. The molecule has 15 heavy (non-hydrogen) atoms. The van der Waals surface area contributed by atoms with Crippen molar-refractivity contribution in [3.63, 3.8) is 0 Å². The van der Waals surface area contributed by atoms with Crippen molar-refractivity contribution >= 4 is 5.69 Å². The number of nitrogens with two attached hydrogens (primary N) is 1. The largest absolute Gasteiger partial charge is 0.370 e. The van der Waals surface area contributed by atoms with E-state index in [1.807, 2.05) is 0 Å². The Bertz CT molecular complexity index is 381. The molecule has 2 rings (SSSR count). The van der Waals surface area contributed by atoms with Gasteiger partial charge in [-0.2, -0.15) is 5.10 Å². The maximum atomic E-state index is 11.6. The van der Waals surface area contributed by atoms with Gasteiger partial charge in [0.1, 0.15) is 0 Å². The Morgan fingerprint density at radius 2 is 2.13 bits per heavy atom. The smallest absolute Gasteiger partial charge is 0.268 e. The summed E-state index contributed by atoms with van der Waals surface area (Å²) in [5.41, 5.74) is 6.25. The van der Waals surface area contributed by atoms with Gasteiger partial charge in [0.2, 0.25) is 0 Å². The first-order chi connectivity index (χ1) is 7.31. The van der Waals surface area contributed by atoms with Crippen LogP contribution >= 0.6 is 0 Å². The van der Waals surface area contributed by atoms with Gasteiger partial charge in [0.15, 0.2) is 0 Å². The van der Waals surface area contributed by atoms with Gasteiger partial charge in [0.25, 0.3) is 5.56 Å². The lowest BCUT2D eigenvalue weighted by atomic mass is 10.4. The Balaban J connectivity index is 2.20. The van der Waals surface area contributed by atoms with Crippen LogP contribution in [-0.4, -0.2) is 29.4 Å². The summed E-state index contributed by atoms with van der Waals surface area (Å²) in [5.74, 6) is 0. The second kappa shape index (κ2) is 4.44. The standard InChI is InChI=1S/C10H16N4O/c11-3-6-14-10(15)7-9(8-12-14)13-4-1-2-5-13/h7-8H,1-6,11H2. The molecular weight excluding hydrogens is 192 g/mol. The highest BCUT2D eigenvalue weighted by Gasteiger charge is 2.13. The fraction of sp³-hybridized carbons (Fsp3) is 0.600. The normalized spacial score (nSPS) is 15.9. The second-order valence-corrected chi connectivity index (χ2v) is 3.76. The molecule has 0 aromatic carbocycles. The van der Waals surface area contributed by atoms with E-state index in [1.54, 1.807) is 12.3 Å². The maximum Gasteiger partial charge on any atom is 0.268 e. The molecule has 2 N–H and O–H groups in total. The molecule has 1 aliphatic rings. The quantitative estimate of drug-likeness (QED) is 0.747. The van der Waals surface area contributed by atoms with Crippen LogP contribution in [0.25, 0.3) is 0 Å². The number of anilines is 1. The van der Waals surface area contributed by atoms with Crippen molar-refractivity contribution in [3.8, 4) is 0 Å². The number of rotatable bonds is 3. The fourth-order valence-electron chi connectivity index (χ4n) is 1.86. The molecule has 5 nitrogen and oxygen atoms in total. The molecule has 2 heterocycles. The van der Waals surface area contributed by atoms with Gasteiger partial charge in [0, 0.05) is 25.7 Å². The highest BCUT2D eigenvalue weighted by molar-refractivity contribution is 5.43. The lowest BCUT2D eigenvalue weighted by Crippen LogP contribution is -2.28. The first-order valence-electron chi connectivity index (χ1n) is 5.33. The highest BCUT2D eigenvalue weighted by Crippen LogP contribution is 2.16. The Hall–Kier alpha value is -1.36. The minimum Gasteiger partial charge on any atom is -0.370 e. The average molecular weight is 208 g/mol. The van der Waals surface area contributed by atoms with E-state index >= 15 is 0 Å². The molecule has 0 spiro atoms. The van der Waals surface area contributed by atoms with E-state index in [0.29, 0.717) is 13.1 Å². The van der Waals surface area contributed by atoms with Crippen molar-refractivity contribution in [2.45, 2.75) is 19.4 Å². The third-order valence-corrected chi connectivity index (χ3v) is 2.67. The molecule has 0 aliphatic carbocycles. The van der Waals surface area contributed by atoms with Crippen LogP contribution in [0, 0.1) is 0 Å². The molecule has 5 heteroatoms. The van der Waals surface area contributed by atoms with Crippen LogP contribution in [0.3, 0.4) is 0 Å². The molecule has 1 fully saturated rings. The summed E-state index contributed by atoms with van der Waals surface area (Å²) in [7, 11) is 0. The van der Waals surface area contributed by atoms with Crippen LogP contribution in [0.15, 0.2) is 17.1 Å². The molecule has 0 saturated carbocycles. The summed E-state index contributed by atoms with van der Waals surface area (Å²) in [6.45, 7) is 2.99. The molecule has 0 radical (unpaired) electrons. The van der Waals surface area contributed by atoms with Crippen molar-refractivity contribution in [2.24, 2.45) is 5.73 Å². The summed E-state index contributed by atoms with van der Waals surface area (Å²) in [5, 5.41) is 4.10. The van der Waals surface area contributed by atoms with Crippen molar-refractivity contribution < 1.29 is 0 Å². The molecule has 1 aromatic rings. The lowest BCUT2D eigenvalue weighted by Gasteiger charge is -2.16. The van der Waals surface area contributed by atoms with E-state index in [4.69, 9.17) is 5.73 Å². The maximum absolute atomic E-state index is 11.6. The van der Waals surface area contributed by atoms with Crippen molar-refractivity contribution in [1.29, 1.82) is 0 Å². The Morgan fingerprint density at radius 3 is 2.73 bits per heavy atom. The molecule has 0 unspecified atom stereocenters. The summed E-state index contributed by atoms with van der Waals surface area (Å²) in [4.78, 5) is 13.8. The van der Waals surface area contributed by atoms with E-state index in [9.17, 15) is 4.79 Å². The number of hydrogen-bond donors (Lipinski definition) is 1. The van der Waals surface area contributed by atoms with Crippen LogP contribution in [0.1, 0.15) is 12.8 Å². The van der Waals surface area contributed by atoms with Crippen LogP contribution < -0.4 is 16.2 Å². The average Bonchev–Trinajstić information content (AvgIpc) is 2.74. The Kier molecular flexibility index (Phi) is 3.01. The van der Waals surface area contributed by atoms with Gasteiger partial charge in [-0.3, -0.25) is 4.79 Å². The van der Waals surface area contributed by atoms with Gasteiger partial charge < -0.3 is 10.6 Å². The zero-order valence-electron chi connectivity index (χ0n) is 8.72. The molecule has 1 aliphatic heterocycles. The fourth-order valence-corrected chi connectivity index (χ4v) is 1.86. The molecule has 0 amide bonds. The number of nitrogens with zero attached hydrogens (tertiary/aromatic N) is 3. The molecule has 82 valence electrons. The second-order valence-electron chi connectivity index (χ2n) is 3.76.